The van der Waals surface area contributed by atoms with Crippen LogP contribution < -0.4 is 10.2 Å². The van der Waals surface area contributed by atoms with Gasteiger partial charge in [0.05, 0.1) is 5.69 Å². The Balaban J connectivity index is 1.57. The van der Waals surface area contributed by atoms with Gasteiger partial charge in [-0.15, -0.1) is 0 Å². The van der Waals surface area contributed by atoms with E-state index in [9.17, 15) is 4.79 Å². The van der Waals surface area contributed by atoms with Gasteiger partial charge in [-0.05, 0) is 67.4 Å². The van der Waals surface area contributed by atoms with E-state index in [2.05, 4.69) is 59.3 Å². The Hall–Kier alpha value is -3.31. The normalized spacial score (nSPS) is 14.4. The monoisotopic (exact) mass is 446 g/mol. The molecule has 3 aromatic carbocycles. The van der Waals surface area contributed by atoms with Gasteiger partial charge in [0.2, 0.25) is 5.96 Å². The molecular formula is C26H27ClN4O. The quantitative estimate of drug-likeness (QED) is 0.444. The maximum Gasteiger partial charge on any atom is 0.258 e. The number of guanidine groups is 1. The Kier molecular flexibility index (Phi) is 6.76. The lowest BCUT2D eigenvalue weighted by Gasteiger charge is -2.37. The Morgan fingerprint density at radius 1 is 0.875 bits per heavy atom. The second-order valence-electron chi connectivity index (χ2n) is 8.06. The first-order valence-corrected chi connectivity index (χ1v) is 11.1. The van der Waals surface area contributed by atoms with Crippen LogP contribution in [-0.2, 0) is 0 Å². The molecule has 0 atom stereocenters. The predicted molar refractivity (Wildman–Crippen MR) is 132 cm³/mol. The Labute approximate surface area is 194 Å². The number of hydrogen-bond donors (Lipinski definition) is 1. The van der Waals surface area contributed by atoms with E-state index >= 15 is 0 Å². The lowest BCUT2D eigenvalue weighted by atomic mass is 10.1. The molecule has 1 aliphatic heterocycles. The van der Waals surface area contributed by atoms with E-state index in [1.807, 2.05) is 18.2 Å². The van der Waals surface area contributed by atoms with E-state index in [4.69, 9.17) is 16.6 Å². The molecule has 4 rings (SSSR count). The molecule has 3 aromatic rings. The molecule has 0 bridgehead atoms. The molecule has 1 aliphatic rings. The van der Waals surface area contributed by atoms with Crippen molar-refractivity contribution in [2.45, 2.75) is 13.8 Å². The first-order valence-electron chi connectivity index (χ1n) is 10.8. The second-order valence-corrected chi connectivity index (χ2v) is 8.49. The first kappa shape index (κ1) is 21.9. The number of para-hydroxylation sites is 1. The zero-order valence-corrected chi connectivity index (χ0v) is 19.1. The SMILES string of the molecule is Cc1cc(C)cc(N=C(NC(=O)c2cccc(Cl)c2)N2CCN(c3ccccc3)CC2)c1. The summed E-state index contributed by atoms with van der Waals surface area (Å²) in [6, 6.07) is 23.5. The maximum atomic E-state index is 13.0. The summed E-state index contributed by atoms with van der Waals surface area (Å²) in [6.07, 6.45) is 0. The molecule has 0 spiro atoms. The number of anilines is 1. The third-order valence-electron chi connectivity index (χ3n) is 5.45. The van der Waals surface area contributed by atoms with E-state index in [0.29, 0.717) is 16.5 Å². The second kappa shape index (κ2) is 9.88. The molecule has 1 saturated heterocycles. The molecule has 0 aliphatic carbocycles. The zero-order chi connectivity index (χ0) is 22.5. The number of aliphatic imine (C=N–C) groups is 1. The van der Waals surface area contributed by atoms with Crippen LogP contribution in [0.2, 0.25) is 5.02 Å². The average molecular weight is 447 g/mol. The summed E-state index contributed by atoms with van der Waals surface area (Å²) in [6.45, 7) is 7.32. The van der Waals surface area contributed by atoms with E-state index in [1.54, 1.807) is 24.3 Å². The first-order chi connectivity index (χ1) is 15.5. The molecule has 0 radical (unpaired) electrons. The lowest BCUT2D eigenvalue weighted by Crippen LogP contribution is -2.53. The fourth-order valence-corrected chi connectivity index (χ4v) is 4.12. The number of amides is 1. The minimum Gasteiger partial charge on any atom is -0.368 e. The number of aryl methyl sites for hydroxylation is 2. The highest BCUT2D eigenvalue weighted by molar-refractivity contribution is 6.31. The fourth-order valence-electron chi connectivity index (χ4n) is 3.93. The molecule has 5 nitrogen and oxygen atoms in total. The number of benzene rings is 3. The number of carbonyl (C=O) groups excluding carboxylic acids is 1. The molecule has 1 fully saturated rings. The molecule has 0 aromatic heterocycles. The molecule has 1 amide bonds. The number of nitrogens with zero attached hydrogens (tertiary/aromatic N) is 3. The topological polar surface area (TPSA) is 47.9 Å². The standard InChI is InChI=1S/C26H27ClN4O/c1-19-15-20(2)17-23(16-19)28-26(29-25(32)21-7-6-8-22(27)18-21)31-13-11-30(12-14-31)24-9-4-3-5-10-24/h3-10,15-18H,11-14H2,1-2H3,(H,28,29,32). The number of rotatable bonds is 3. The van der Waals surface area contributed by atoms with E-state index in [1.165, 1.54) is 5.69 Å². The summed E-state index contributed by atoms with van der Waals surface area (Å²) < 4.78 is 0. The summed E-state index contributed by atoms with van der Waals surface area (Å²) in [5, 5.41) is 3.56. The molecule has 32 heavy (non-hydrogen) atoms. The Bertz CT molecular complexity index is 1100. The van der Waals surface area contributed by atoms with Gasteiger partial charge in [0, 0.05) is 42.5 Å². The third kappa shape index (κ3) is 5.48. The van der Waals surface area contributed by atoms with Crippen molar-refractivity contribution in [2.24, 2.45) is 4.99 Å². The summed E-state index contributed by atoms with van der Waals surface area (Å²) in [4.78, 5) is 22.3. The van der Waals surface area contributed by atoms with Gasteiger partial charge in [0.25, 0.3) is 5.91 Å². The number of halogens is 1. The fraction of sp³-hybridized carbons (Fsp3) is 0.231. The van der Waals surface area contributed by atoms with Gasteiger partial charge in [-0.2, -0.15) is 0 Å². The highest BCUT2D eigenvalue weighted by Gasteiger charge is 2.22. The van der Waals surface area contributed by atoms with Crippen LogP contribution in [0.3, 0.4) is 0 Å². The molecule has 0 saturated carbocycles. The molecule has 1 N–H and O–H groups in total. The number of nitrogens with one attached hydrogen (secondary N) is 1. The van der Waals surface area contributed by atoms with Crippen LogP contribution >= 0.6 is 11.6 Å². The lowest BCUT2D eigenvalue weighted by molar-refractivity contribution is 0.0971. The van der Waals surface area contributed by atoms with Crippen LogP contribution in [-0.4, -0.2) is 42.9 Å². The zero-order valence-electron chi connectivity index (χ0n) is 18.4. The molecule has 1 heterocycles. The molecule has 0 unspecified atom stereocenters. The largest absolute Gasteiger partial charge is 0.368 e. The van der Waals surface area contributed by atoms with Crippen LogP contribution in [0.25, 0.3) is 0 Å². The van der Waals surface area contributed by atoms with E-state index in [-0.39, 0.29) is 5.91 Å². The summed E-state index contributed by atoms with van der Waals surface area (Å²) in [5.41, 5.74) is 4.82. The minimum atomic E-state index is -0.221. The minimum absolute atomic E-state index is 0.221. The maximum absolute atomic E-state index is 13.0. The van der Waals surface area contributed by atoms with Crippen molar-refractivity contribution >= 4 is 34.8 Å². The van der Waals surface area contributed by atoms with Crippen molar-refractivity contribution < 1.29 is 4.79 Å². The molecule has 6 heteroatoms. The van der Waals surface area contributed by atoms with Crippen LogP contribution in [0.1, 0.15) is 21.5 Å². The van der Waals surface area contributed by atoms with Crippen molar-refractivity contribution in [1.82, 2.24) is 10.2 Å². The molecular weight excluding hydrogens is 420 g/mol. The highest BCUT2D eigenvalue weighted by Crippen LogP contribution is 2.20. The summed E-state index contributed by atoms with van der Waals surface area (Å²) >= 11 is 6.09. The Morgan fingerprint density at radius 2 is 1.56 bits per heavy atom. The van der Waals surface area contributed by atoms with Crippen LogP contribution in [0.4, 0.5) is 11.4 Å². The van der Waals surface area contributed by atoms with Crippen LogP contribution in [0, 0.1) is 13.8 Å². The summed E-state index contributed by atoms with van der Waals surface area (Å²) in [5.74, 6) is 0.341. The van der Waals surface area contributed by atoms with Gasteiger partial charge in [0.15, 0.2) is 0 Å². The van der Waals surface area contributed by atoms with Crippen LogP contribution in [0.5, 0.6) is 0 Å². The van der Waals surface area contributed by atoms with Crippen molar-refractivity contribution in [2.75, 3.05) is 31.1 Å². The van der Waals surface area contributed by atoms with Crippen molar-refractivity contribution in [1.29, 1.82) is 0 Å². The average Bonchev–Trinajstić information content (AvgIpc) is 2.79. The summed E-state index contributed by atoms with van der Waals surface area (Å²) in [7, 11) is 0. The smallest absolute Gasteiger partial charge is 0.258 e. The number of piperazine rings is 1. The van der Waals surface area contributed by atoms with E-state index < -0.39 is 0 Å². The third-order valence-corrected chi connectivity index (χ3v) is 5.69. The van der Waals surface area contributed by atoms with Crippen LogP contribution in [0.15, 0.2) is 77.8 Å². The van der Waals surface area contributed by atoms with Gasteiger partial charge in [-0.25, -0.2) is 4.99 Å². The van der Waals surface area contributed by atoms with Gasteiger partial charge in [0.1, 0.15) is 0 Å². The van der Waals surface area contributed by atoms with Gasteiger partial charge < -0.3 is 9.80 Å². The Morgan fingerprint density at radius 3 is 2.22 bits per heavy atom. The van der Waals surface area contributed by atoms with Crippen molar-refractivity contribution in [3.05, 3.63) is 94.5 Å². The highest BCUT2D eigenvalue weighted by atomic mass is 35.5. The van der Waals surface area contributed by atoms with Gasteiger partial charge in [-0.1, -0.05) is 41.9 Å². The van der Waals surface area contributed by atoms with E-state index in [0.717, 1.165) is 43.0 Å². The van der Waals surface area contributed by atoms with Gasteiger partial charge in [-0.3, -0.25) is 10.1 Å². The van der Waals surface area contributed by atoms with Crippen molar-refractivity contribution in [3.63, 3.8) is 0 Å². The van der Waals surface area contributed by atoms with Crippen molar-refractivity contribution in [3.8, 4) is 0 Å². The number of hydrogen-bond acceptors (Lipinski definition) is 3. The predicted octanol–water partition coefficient (Wildman–Crippen LogP) is 5.20. The number of carbonyl (C=O) groups is 1. The van der Waals surface area contributed by atoms with Gasteiger partial charge >= 0.3 is 0 Å². The molecule has 164 valence electrons.